The standard InChI is InChI=1S/C18H23N3O5.6C2H6/c22-15-6-5-14(17(25)20-15)19-12-1-3-13(4-2-12)21-9-7-18(26,8-10-21)11-16(23)24;6*1-2/h1-4,14,19,26H,5-11H2,(H,23,24)(H,20,22,25);6*1-2H3. The van der Waals surface area contributed by atoms with Crippen LogP contribution in [0.4, 0.5) is 11.4 Å². The summed E-state index contributed by atoms with van der Waals surface area (Å²) in [6.45, 7) is 25.2. The Morgan fingerprint density at radius 1 is 0.895 bits per heavy atom. The lowest BCUT2D eigenvalue weighted by Gasteiger charge is -2.38. The van der Waals surface area contributed by atoms with Gasteiger partial charge in [-0.2, -0.15) is 0 Å². The summed E-state index contributed by atoms with van der Waals surface area (Å²) in [6, 6.07) is 7.18. The molecule has 1 aromatic rings. The Labute approximate surface area is 233 Å². The number of aliphatic hydroxyl groups is 1. The Balaban J connectivity index is -0.000000425. The molecule has 38 heavy (non-hydrogen) atoms. The van der Waals surface area contributed by atoms with Crippen LogP contribution in [-0.2, 0) is 14.4 Å². The van der Waals surface area contributed by atoms with Crippen molar-refractivity contribution < 1.29 is 24.6 Å². The molecular weight excluding hydrogens is 482 g/mol. The van der Waals surface area contributed by atoms with Crippen LogP contribution in [0.25, 0.3) is 0 Å². The number of carbonyl (C=O) groups excluding carboxylic acids is 2. The Kier molecular flexibility index (Phi) is 30.7. The molecule has 224 valence electrons. The fourth-order valence-corrected chi connectivity index (χ4v) is 3.44. The lowest BCUT2D eigenvalue weighted by Crippen LogP contribution is -2.47. The van der Waals surface area contributed by atoms with Gasteiger partial charge in [-0.1, -0.05) is 83.1 Å². The van der Waals surface area contributed by atoms with Crippen molar-refractivity contribution >= 4 is 29.2 Å². The van der Waals surface area contributed by atoms with Gasteiger partial charge in [0.25, 0.3) is 0 Å². The van der Waals surface area contributed by atoms with Crippen molar-refractivity contribution in [1.82, 2.24) is 5.32 Å². The van der Waals surface area contributed by atoms with Gasteiger partial charge in [0.1, 0.15) is 6.04 Å². The smallest absolute Gasteiger partial charge is 0.306 e. The SMILES string of the molecule is CC.CC.CC.CC.CC.CC.O=C(O)CC1(O)CCN(c2ccc(NC3CCC(=O)NC3=O)cc2)CC1. The van der Waals surface area contributed by atoms with Crippen LogP contribution in [-0.4, -0.2) is 52.7 Å². The molecule has 0 spiro atoms. The highest BCUT2D eigenvalue weighted by Crippen LogP contribution is 2.29. The van der Waals surface area contributed by atoms with Crippen molar-refractivity contribution in [3.8, 4) is 0 Å². The highest BCUT2D eigenvalue weighted by molar-refractivity contribution is 6.01. The number of carbonyl (C=O) groups is 3. The zero-order chi connectivity index (χ0) is 30.7. The Morgan fingerprint density at radius 3 is 1.74 bits per heavy atom. The molecule has 0 bridgehead atoms. The van der Waals surface area contributed by atoms with Crippen molar-refractivity contribution in [1.29, 1.82) is 0 Å². The van der Waals surface area contributed by atoms with Gasteiger partial charge in [0.05, 0.1) is 12.0 Å². The first-order valence-electron chi connectivity index (χ1n) is 14.7. The number of nitrogens with zero attached hydrogens (tertiary/aromatic N) is 1. The topological polar surface area (TPSA) is 119 Å². The van der Waals surface area contributed by atoms with E-state index in [1.807, 2.05) is 107 Å². The van der Waals surface area contributed by atoms with E-state index >= 15 is 0 Å². The number of hydrogen-bond acceptors (Lipinski definition) is 6. The maximum Gasteiger partial charge on any atom is 0.306 e. The normalized spacial score (nSPS) is 16.4. The highest BCUT2D eigenvalue weighted by Gasteiger charge is 2.34. The second-order valence-corrected chi connectivity index (χ2v) is 6.98. The van der Waals surface area contributed by atoms with Gasteiger partial charge in [-0.25, -0.2) is 0 Å². The van der Waals surface area contributed by atoms with E-state index < -0.39 is 17.6 Å². The van der Waals surface area contributed by atoms with Gasteiger partial charge in [0, 0.05) is 30.9 Å². The van der Waals surface area contributed by atoms with Crippen LogP contribution in [0.1, 0.15) is 115 Å². The molecule has 1 atom stereocenters. The number of hydrogen-bond donors (Lipinski definition) is 4. The van der Waals surface area contributed by atoms with Gasteiger partial charge >= 0.3 is 5.97 Å². The molecule has 0 aromatic heterocycles. The number of aliphatic carboxylic acids is 1. The van der Waals surface area contributed by atoms with Gasteiger partial charge in [-0.15, -0.1) is 0 Å². The largest absolute Gasteiger partial charge is 0.481 e. The van der Waals surface area contributed by atoms with E-state index in [-0.39, 0.29) is 18.2 Å². The summed E-state index contributed by atoms with van der Waals surface area (Å²) >= 11 is 0. The number of amides is 2. The summed E-state index contributed by atoms with van der Waals surface area (Å²) in [5.41, 5.74) is 0.647. The molecule has 4 N–H and O–H groups in total. The Bertz CT molecular complexity index is 700. The van der Waals surface area contributed by atoms with Crippen molar-refractivity contribution in [2.24, 2.45) is 0 Å². The zero-order valence-corrected chi connectivity index (χ0v) is 26.4. The van der Waals surface area contributed by atoms with Crippen molar-refractivity contribution in [3.63, 3.8) is 0 Å². The predicted molar refractivity (Wildman–Crippen MR) is 163 cm³/mol. The number of carboxylic acid groups (broad SMARTS) is 1. The van der Waals surface area contributed by atoms with E-state index in [0.29, 0.717) is 38.8 Å². The molecule has 0 saturated carbocycles. The molecule has 8 heteroatoms. The molecule has 2 aliphatic rings. The molecule has 3 rings (SSSR count). The van der Waals surface area contributed by atoms with Crippen LogP contribution in [0.2, 0.25) is 0 Å². The molecule has 0 radical (unpaired) electrons. The minimum absolute atomic E-state index is 0.227. The van der Waals surface area contributed by atoms with Crippen LogP contribution in [0, 0.1) is 0 Å². The van der Waals surface area contributed by atoms with Crippen LogP contribution >= 0.6 is 0 Å². The second-order valence-electron chi connectivity index (χ2n) is 6.98. The van der Waals surface area contributed by atoms with Crippen molar-refractivity contribution in [2.45, 2.75) is 127 Å². The molecule has 2 heterocycles. The molecule has 1 unspecified atom stereocenters. The monoisotopic (exact) mass is 541 g/mol. The molecule has 2 amide bonds. The first-order valence-corrected chi connectivity index (χ1v) is 14.7. The van der Waals surface area contributed by atoms with E-state index in [1.165, 1.54) is 0 Å². The van der Waals surface area contributed by atoms with E-state index in [2.05, 4.69) is 15.5 Å². The minimum atomic E-state index is -1.13. The Morgan fingerprint density at radius 2 is 1.34 bits per heavy atom. The van der Waals surface area contributed by atoms with Gasteiger partial charge < -0.3 is 20.4 Å². The summed E-state index contributed by atoms with van der Waals surface area (Å²) in [7, 11) is 0. The number of nitrogens with one attached hydrogen (secondary N) is 2. The highest BCUT2D eigenvalue weighted by atomic mass is 16.4. The van der Waals surface area contributed by atoms with Crippen molar-refractivity contribution in [2.75, 3.05) is 23.3 Å². The third-order valence-corrected chi connectivity index (χ3v) is 4.99. The summed E-state index contributed by atoms with van der Waals surface area (Å²) in [4.78, 5) is 35.9. The van der Waals surface area contributed by atoms with Crippen LogP contribution in [0.3, 0.4) is 0 Å². The zero-order valence-electron chi connectivity index (χ0n) is 26.4. The first kappa shape index (κ1) is 42.5. The van der Waals surface area contributed by atoms with Crippen LogP contribution in [0.15, 0.2) is 24.3 Å². The first-order chi connectivity index (χ1) is 18.3. The number of anilines is 2. The third kappa shape index (κ3) is 17.0. The number of imide groups is 1. The predicted octanol–water partition coefficient (Wildman–Crippen LogP) is 6.87. The average molecular weight is 542 g/mol. The summed E-state index contributed by atoms with van der Waals surface area (Å²) in [5.74, 6) is -1.53. The average Bonchev–Trinajstić information content (AvgIpc) is 2.97. The van der Waals surface area contributed by atoms with Gasteiger partial charge in [-0.05, 0) is 43.5 Å². The minimum Gasteiger partial charge on any atom is -0.481 e. The van der Waals surface area contributed by atoms with Gasteiger partial charge in [0.2, 0.25) is 11.8 Å². The van der Waals surface area contributed by atoms with Gasteiger partial charge in [0.15, 0.2) is 0 Å². The summed E-state index contributed by atoms with van der Waals surface area (Å²) in [5, 5.41) is 24.6. The van der Waals surface area contributed by atoms with E-state index in [1.54, 1.807) is 0 Å². The number of rotatable bonds is 5. The van der Waals surface area contributed by atoms with Gasteiger partial charge in [-0.3, -0.25) is 19.7 Å². The molecule has 1 aromatic carbocycles. The van der Waals surface area contributed by atoms with E-state index in [0.717, 1.165) is 11.4 Å². The van der Waals surface area contributed by atoms with Crippen LogP contribution < -0.4 is 15.5 Å². The van der Waals surface area contributed by atoms with Crippen LogP contribution in [0.5, 0.6) is 0 Å². The quantitative estimate of drug-likeness (QED) is 0.300. The molecule has 2 fully saturated rings. The Hall–Kier alpha value is -2.61. The number of carboxylic acids is 1. The lowest BCUT2D eigenvalue weighted by molar-refractivity contribution is -0.143. The summed E-state index contributed by atoms with van der Waals surface area (Å²) < 4.78 is 0. The number of piperidine rings is 2. The molecule has 2 aliphatic heterocycles. The maximum atomic E-state index is 11.8. The third-order valence-electron chi connectivity index (χ3n) is 4.99. The lowest BCUT2D eigenvalue weighted by atomic mass is 9.88. The molecule has 2 saturated heterocycles. The fraction of sp³-hybridized carbons (Fsp3) is 0.700. The van der Waals surface area contributed by atoms with Crippen molar-refractivity contribution in [3.05, 3.63) is 24.3 Å². The molecule has 8 nitrogen and oxygen atoms in total. The fourth-order valence-electron chi connectivity index (χ4n) is 3.44. The second kappa shape index (κ2) is 27.4. The maximum absolute atomic E-state index is 11.8. The van der Waals surface area contributed by atoms with E-state index in [4.69, 9.17) is 5.11 Å². The molecule has 0 aliphatic carbocycles. The van der Waals surface area contributed by atoms with E-state index in [9.17, 15) is 19.5 Å². The number of benzene rings is 1. The molecular formula is C30H59N3O5. The summed E-state index contributed by atoms with van der Waals surface area (Å²) in [6.07, 6.45) is 1.40.